The summed E-state index contributed by atoms with van der Waals surface area (Å²) in [7, 11) is 0. The molecule has 1 aliphatic rings. The molecule has 6 heteroatoms. The minimum atomic E-state index is -0.169. The van der Waals surface area contributed by atoms with Gasteiger partial charge in [0.05, 0.1) is 0 Å². The summed E-state index contributed by atoms with van der Waals surface area (Å²) < 4.78 is 0. The van der Waals surface area contributed by atoms with Crippen molar-refractivity contribution >= 4 is 23.2 Å². The third-order valence-corrected chi connectivity index (χ3v) is 4.60. The quantitative estimate of drug-likeness (QED) is 0.810. The molecule has 0 unspecified atom stereocenters. The topological polar surface area (TPSA) is 70.2 Å². The maximum atomic E-state index is 12.3. The van der Waals surface area contributed by atoms with E-state index in [1.165, 1.54) is 24.9 Å². The van der Waals surface area contributed by atoms with Gasteiger partial charge in [-0.05, 0) is 62.4 Å². The number of hydrogen-bond donors (Lipinski definition) is 2. The molecule has 27 heavy (non-hydrogen) atoms. The third-order valence-electron chi connectivity index (χ3n) is 4.60. The van der Waals surface area contributed by atoms with E-state index in [4.69, 9.17) is 0 Å². The van der Waals surface area contributed by atoms with E-state index in [1.807, 2.05) is 19.1 Å². The molecule has 1 aliphatic heterocycles. The van der Waals surface area contributed by atoms with Crippen molar-refractivity contribution in [2.75, 3.05) is 29.9 Å². The molecule has 0 saturated carbocycles. The molecule has 0 atom stereocenters. The molecule has 1 aromatic heterocycles. The van der Waals surface area contributed by atoms with Crippen LogP contribution in [0.15, 0.2) is 30.3 Å². The van der Waals surface area contributed by atoms with Gasteiger partial charge < -0.3 is 15.5 Å². The summed E-state index contributed by atoms with van der Waals surface area (Å²) in [5.74, 6) is 0.668. The molecular weight excluding hydrogens is 338 g/mol. The van der Waals surface area contributed by atoms with E-state index in [9.17, 15) is 4.79 Å². The normalized spacial score (nSPS) is 14.3. The molecule has 1 aromatic carbocycles. The van der Waals surface area contributed by atoms with Gasteiger partial charge in [-0.25, -0.2) is 9.97 Å². The van der Waals surface area contributed by atoms with Crippen LogP contribution in [0.4, 0.5) is 17.3 Å². The molecule has 1 amide bonds. The number of piperidine rings is 1. The van der Waals surface area contributed by atoms with Crippen LogP contribution in [0.25, 0.3) is 0 Å². The lowest BCUT2D eigenvalue weighted by Gasteiger charge is -2.28. The van der Waals surface area contributed by atoms with Gasteiger partial charge in [0, 0.05) is 36.7 Å². The molecule has 144 valence electrons. The molecule has 0 radical (unpaired) electrons. The van der Waals surface area contributed by atoms with Gasteiger partial charge in [0.25, 0.3) is 5.91 Å². The highest BCUT2D eigenvalue weighted by Crippen LogP contribution is 2.23. The van der Waals surface area contributed by atoms with E-state index < -0.39 is 0 Å². The van der Waals surface area contributed by atoms with Crippen LogP contribution in [-0.2, 0) is 0 Å². The summed E-state index contributed by atoms with van der Waals surface area (Å²) in [5.41, 5.74) is 3.30. The zero-order valence-corrected chi connectivity index (χ0v) is 16.5. The Bertz CT molecular complexity index is 767. The minimum absolute atomic E-state index is 0.169. The van der Waals surface area contributed by atoms with E-state index in [0.29, 0.717) is 24.1 Å². The molecule has 1 fully saturated rings. The Labute approximate surface area is 161 Å². The van der Waals surface area contributed by atoms with Crippen LogP contribution in [-0.4, -0.2) is 35.5 Å². The SMILES string of the molecule is Cc1cc(C(=O)NCC(C)C)nc(Nc2ccc(N3CCCCC3)cc2)n1. The van der Waals surface area contributed by atoms with Crippen LogP contribution in [0.3, 0.4) is 0 Å². The standard InChI is InChI=1S/C21H29N5O/c1-15(2)14-22-20(27)19-13-16(3)23-21(25-19)24-17-7-9-18(10-8-17)26-11-5-4-6-12-26/h7-10,13,15H,4-6,11-12,14H2,1-3H3,(H,22,27)(H,23,24,25). The molecule has 0 bridgehead atoms. The number of benzene rings is 1. The second-order valence-corrected chi connectivity index (χ2v) is 7.54. The second-order valence-electron chi connectivity index (χ2n) is 7.54. The van der Waals surface area contributed by atoms with Gasteiger partial charge in [-0.15, -0.1) is 0 Å². The Morgan fingerprint density at radius 2 is 1.81 bits per heavy atom. The Balaban J connectivity index is 1.68. The van der Waals surface area contributed by atoms with Gasteiger partial charge in [-0.3, -0.25) is 4.79 Å². The first-order chi connectivity index (χ1) is 13.0. The predicted molar refractivity (Wildman–Crippen MR) is 110 cm³/mol. The van der Waals surface area contributed by atoms with Gasteiger partial charge in [0.1, 0.15) is 5.69 Å². The second kappa shape index (κ2) is 8.84. The van der Waals surface area contributed by atoms with Gasteiger partial charge in [0.2, 0.25) is 5.95 Å². The number of carbonyl (C=O) groups is 1. The first-order valence-corrected chi connectivity index (χ1v) is 9.77. The molecule has 0 spiro atoms. The number of rotatable bonds is 6. The van der Waals surface area contributed by atoms with Crippen molar-refractivity contribution in [2.45, 2.75) is 40.0 Å². The van der Waals surface area contributed by atoms with Gasteiger partial charge >= 0.3 is 0 Å². The number of carbonyl (C=O) groups excluding carboxylic acids is 1. The summed E-state index contributed by atoms with van der Waals surface area (Å²) in [5, 5.41) is 6.11. The zero-order chi connectivity index (χ0) is 19.2. The molecule has 1 saturated heterocycles. The molecule has 3 rings (SSSR count). The number of nitrogens with zero attached hydrogens (tertiary/aromatic N) is 3. The smallest absolute Gasteiger partial charge is 0.270 e. The average molecular weight is 367 g/mol. The first kappa shape index (κ1) is 19.1. The van der Waals surface area contributed by atoms with Crippen molar-refractivity contribution in [1.29, 1.82) is 0 Å². The summed E-state index contributed by atoms with van der Waals surface area (Å²) in [6.07, 6.45) is 3.85. The lowest BCUT2D eigenvalue weighted by atomic mass is 10.1. The van der Waals surface area contributed by atoms with Gasteiger partial charge in [-0.2, -0.15) is 0 Å². The summed E-state index contributed by atoms with van der Waals surface area (Å²) in [6, 6.07) is 10.0. The van der Waals surface area contributed by atoms with Crippen LogP contribution >= 0.6 is 0 Å². The largest absolute Gasteiger partial charge is 0.372 e. The molecule has 2 N–H and O–H groups in total. The number of aromatic nitrogens is 2. The van der Waals surface area contributed by atoms with Crippen LogP contribution in [0.1, 0.15) is 49.3 Å². The van der Waals surface area contributed by atoms with Crippen molar-refractivity contribution < 1.29 is 4.79 Å². The van der Waals surface area contributed by atoms with Crippen molar-refractivity contribution in [3.8, 4) is 0 Å². The third kappa shape index (κ3) is 5.42. The maximum Gasteiger partial charge on any atom is 0.270 e. The highest BCUT2D eigenvalue weighted by Gasteiger charge is 2.12. The van der Waals surface area contributed by atoms with E-state index >= 15 is 0 Å². The predicted octanol–water partition coefficient (Wildman–Crippen LogP) is 3.90. The number of nitrogens with one attached hydrogen (secondary N) is 2. The number of anilines is 3. The summed E-state index contributed by atoms with van der Waals surface area (Å²) in [6.45, 7) is 8.87. The fourth-order valence-electron chi connectivity index (χ4n) is 3.16. The summed E-state index contributed by atoms with van der Waals surface area (Å²) >= 11 is 0. The van der Waals surface area contributed by atoms with Gasteiger partial charge in [-0.1, -0.05) is 13.8 Å². The maximum absolute atomic E-state index is 12.3. The lowest BCUT2D eigenvalue weighted by Crippen LogP contribution is -2.29. The van der Waals surface area contributed by atoms with E-state index in [-0.39, 0.29) is 5.91 Å². The van der Waals surface area contributed by atoms with Crippen LogP contribution in [0, 0.1) is 12.8 Å². The minimum Gasteiger partial charge on any atom is -0.372 e. The van der Waals surface area contributed by atoms with Crippen LogP contribution in [0.5, 0.6) is 0 Å². The number of aryl methyl sites for hydroxylation is 1. The molecular formula is C21H29N5O. The number of amides is 1. The van der Waals surface area contributed by atoms with Gasteiger partial charge in [0.15, 0.2) is 0 Å². The Morgan fingerprint density at radius 3 is 2.48 bits per heavy atom. The fourth-order valence-corrected chi connectivity index (χ4v) is 3.16. The molecule has 0 aliphatic carbocycles. The Kier molecular flexibility index (Phi) is 6.27. The fraction of sp³-hybridized carbons (Fsp3) is 0.476. The monoisotopic (exact) mass is 367 g/mol. The molecule has 6 nitrogen and oxygen atoms in total. The van der Waals surface area contributed by atoms with E-state index in [1.54, 1.807) is 6.07 Å². The van der Waals surface area contributed by atoms with Crippen molar-refractivity contribution in [3.63, 3.8) is 0 Å². The van der Waals surface area contributed by atoms with Crippen molar-refractivity contribution in [2.24, 2.45) is 5.92 Å². The highest BCUT2D eigenvalue weighted by molar-refractivity contribution is 5.92. The average Bonchev–Trinajstić information content (AvgIpc) is 2.67. The lowest BCUT2D eigenvalue weighted by molar-refractivity contribution is 0.0944. The Hall–Kier alpha value is -2.63. The van der Waals surface area contributed by atoms with Crippen molar-refractivity contribution in [1.82, 2.24) is 15.3 Å². The van der Waals surface area contributed by atoms with Crippen molar-refractivity contribution in [3.05, 3.63) is 41.7 Å². The van der Waals surface area contributed by atoms with E-state index in [0.717, 1.165) is 24.5 Å². The summed E-state index contributed by atoms with van der Waals surface area (Å²) in [4.78, 5) is 23.5. The van der Waals surface area contributed by atoms with Crippen LogP contribution < -0.4 is 15.5 Å². The Morgan fingerprint density at radius 1 is 1.11 bits per heavy atom. The number of hydrogen-bond acceptors (Lipinski definition) is 5. The van der Waals surface area contributed by atoms with E-state index in [2.05, 4.69) is 51.5 Å². The van der Waals surface area contributed by atoms with Crippen LogP contribution in [0.2, 0.25) is 0 Å². The highest BCUT2D eigenvalue weighted by atomic mass is 16.1. The molecule has 2 aromatic rings. The zero-order valence-electron chi connectivity index (χ0n) is 16.5. The first-order valence-electron chi connectivity index (χ1n) is 9.77. The molecule has 2 heterocycles.